The van der Waals surface area contributed by atoms with Crippen molar-refractivity contribution in [3.63, 3.8) is 0 Å². The van der Waals surface area contributed by atoms with E-state index in [0.29, 0.717) is 0 Å². The Morgan fingerprint density at radius 2 is 1.86 bits per heavy atom. The van der Waals surface area contributed by atoms with Crippen LogP contribution in [0.3, 0.4) is 0 Å². The lowest BCUT2D eigenvalue weighted by Crippen LogP contribution is -2.17. The van der Waals surface area contributed by atoms with Crippen LogP contribution in [0.25, 0.3) is 11.3 Å². The maximum atomic E-state index is 12.9. The number of rotatable bonds is 6. The minimum atomic E-state index is -0.261. The monoisotopic (exact) mass is 287 g/mol. The molecule has 1 aliphatic carbocycles. The molecule has 1 saturated carbocycles. The second-order valence-electron chi connectivity index (χ2n) is 5.64. The molecule has 1 aromatic heterocycles. The van der Waals surface area contributed by atoms with Crippen LogP contribution in [-0.4, -0.2) is 28.5 Å². The van der Waals surface area contributed by atoms with E-state index in [9.17, 15) is 4.39 Å². The fourth-order valence-electron chi connectivity index (χ4n) is 2.41. The summed E-state index contributed by atoms with van der Waals surface area (Å²) in [5.74, 6) is 0.466. The molecule has 1 aromatic carbocycles. The maximum absolute atomic E-state index is 12.9. The van der Waals surface area contributed by atoms with Crippen LogP contribution < -0.4 is 5.32 Å². The van der Waals surface area contributed by atoms with Crippen molar-refractivity contribution >= 4 is 5.82 Å². The zero-order chi connectivity index (χ0) is 14.7. The van der Waals surface area contributed by atoms with Crippen molar-refractivity contribution in [1.82, 2.24) is 10.2 Å². The minimum Gasteiger partial charge on any atom is -0.396 e. The summed E-state index contributed by atoms with van der Waals surface area (Å²) in [5.41, 5.74) is 1.80. The maximum Gasteiger partial charge on any atom is 0.148 e. The van der Waals surface area contributed by atoms with Gasteiger partial charge in [-0.2, -0.15) is 0 Å². The average molecular weight is 287 g/mol. The van der Waals surface area contributed by atoms with Gasteiger partial charge < -0.3 is 10.4 Å². The van der Waals surface area contributed by atoms with E-state index in [2.05, 4.69) is 15.5 Å². The van der Waals surface area contributed by atoms with Crippen LogP contribution in [-0.2, 0) is 0 Å². The zero-order valence-electron chi connectivity index (χ0n) is 11.7. The van der Waals surface area contributed by atoms with E-state index in [0.717, 1.165) is 42.9 Å². The number of halogens is 1. The van der Waals surface area contributed by atoms with Gasteiger partial charge in [0.05, 0.1) is 5.69 Å². The summed E-state index contributed by atoms with van der Waals surface area (Å²) in [7, 11) is 0. The molecule has 0 unspecified atom stereocenters. The highest BCUT2D eigenvalue weighted by molar-refractivity contribution is 5.59. The summed E-state index contributed by atoms with van der Waals surface area (Å²) in [6.45, 7) is 1.05. The van der Waals surface area contributed by atoms with Crippen molar-refractivity contribution in [3.8, 4) is 11.3 Å². The van der Waals surface area contributed by atoms with Gasteiger partial charge in [0.2, 0.25) is 0 Å². The third-order valence-corrected chi connectivity index (χ3v) is 4.05. The molecule has 0 aliphatic heterocycles. The molecule has 0 bridgehead atoms. The standard InChI is InChI=1S/C16H18FN3O/c17-13-3-1-12(2-4-13)14-5-6-15(20-19-14)18-11-16(7-8-16)9-10-21/h1-6,21H,7-11H2,(H,18,20). The highest BCUT2D eigenvalue weighted by Crippen LogP contribution is 2.48. The number of anilines is 1. The molecule has 1 fully saturated rings. The molecule has 0 atom stereocenters. The first-order chi connectivity index (χ1) is 10.2. The van der Waals surface area contributed by atoms with Crippen molar-refractivity contribution in [2.24, 2.45) is 5.41 Å². The predicted molar refractivity (Wildman–Crippen MR) is 79.3 cm³/mol. The van der Waals surface area contributed by atoms with Crippen LogP contribution in [0.2, 0.25) is 0 Å². The van der Waals surface area contributed by atoms with Crippen molar-refractivity contribution < 1.29 is 9.50 Å². The first-order valence-corrected chi connectivity index (χ1v) is 7.15. The lowest BCUT2D eigenvalue weighted by atomic mass is 10.0. The Morgan fingerprint density at radius 1 is 1.10 bits per heavy atom. The number of nitrogens with one attached hydrogen (secondary N) is 1. The Balaban J connectivity index is 1.63. The van der Waals surface area contributed by atoms with Crippen LogP contribution in [0.5, 0.6) is 0 Å². The summed E-state index contributed by atoms with van der Waals surface area (Å²) in [4.78, 5) is 0. The number of nitrogens with zero attached hydrogens (tertiary/aromatic N) is 2. The van der Waals surface area contributed by atoms with E-state index >= 15 is 0 Å². The molecule has 0 radical (unpaired) electrons. The van der Waals surface area contributed by atoms with Crippen LogP contribution in [0.1, 0.15) is 19.3 Å². The zero-order valence-corrected chi connectivity index (χ0v) is 11.7. The third kappa shape index (κ3) is 3.36. The quantitative estimate of drug-likeness (QED) is 0.857. The fourth-order valence-corrected chi connectivity index (χ4v) is 2.41. The van der Waals surface area contributed by atoms with Gasteiger partial charge in [-0.15, -0.1) is 10.2 Å². The van der Waals surface area contributed by atoms with Crippen LogP contribution >= 0.6 is 0 Å². The van der Waals surface area contributed by atoms with Gasteiger partial charge in [0, 0.05) is 18.7 Å². The summed E-state index contributed by atoms with van der Waals surface area (Å²) >= 11 is 0. The molecule has 4 nitrogen and oxygen atoms in total. The molecular weight excluding hydrogens is 269 g/mol. The number of benzene rings is 1. The lowest BCUT2D eigenvalue weighted by Gasteiger charge is -2.14. The molecule has 0 saturated heterocycles. The lowest BCUT2D eigenvalue weighted by molar-refractivity contribution is 0.253. The topological polar surface area (TPSA) is 58.0 Å². The first-order valence-electron chi connectivity index (χ1n) is 7.15. The van der Waals surface area contributed by atoms with Gasteiger partial charge in [-0.3, -0.25) is 0 Å². The Morgan fingerprint density at radius 3 is 2.43 bits per heavy atom. The summed E-state index contributed by atoms with van der Waals surface area (Å²) < 4.78 is 12.9. The average Bonchev–Trinajstić information content (AvgIpc) is 3.27. The molecular formula is C16H18FN3O. The van der Waals surface area contributed by atoms with Crippen LogP contribution in [0.4, 0.5) is 10.2 Å². The van der Waals surface area contributed by atoms with Crippen LogP contribution in [0.15, 0.2) is 36.4 Å². The van der Waals surface area contributed by atoms with Crippen molar-refractivity contribution in [3.05, 3.63) is 42.2 Å². The summed E-state index contributed by atoms with van der Waals surface area (Å²) in [6.07, 6.45) is 3.14. The molecule has 1 aliphatic rings. The van der Waals surface area contributed by atoms with Crippen molar-refractivity contribution in [2.75, 3.05) is 18.5 Å². The van der Waals surface area contributed by atoms with Gasteiger partial charge in [-0.05, 0) is 61.1 Å². The second-order valence-corrected chi connectivity index (χ2v) is 5.64. The molecule has 2 N–H and O–H groups in total. The smallest absolute Gasteiger partial charge is 0.148 e. The van der Waals surface area contributed by atoms with E-state index in [1.54, 1.807) is 12.1 Å². The summed E-state index contributed by atoms with van der Waals surface area (Å²) in [5, 5.41) is 20.6. The fraction of sp³-hybridized carbons (Fsp3) is 0.375. The molecule has 0 spiro atoms. The van der Waals surface area contributed by atoms with Gasteiger partial charge in [0.25, 0.3) is 0 Å². The first kappa shape index (κ1) is 13.9. The third-order valence-electron chi connectivity index (χ3n) is 4.05. The van der Waals surface area contributed by atoms with E-state index in [1.807, 2.05) is 12.1 Å². The number of aliphatic hydroxyl groups is 1. The van der Waals surface area contributed by atoms with E-state index in [-0.39, 0.29) is 17.8 Å². The number of hydrogen-bond donors (Lipinski definition) is 2. The highest BCUT2D eigenvalue weighted by Gasteiger charge is 2.41. The molecule has 21 heavy (non-hydrogen) atoms. The molecule has 2 aromatic rings. The Hall–Kier alpha value is -2.01. The summed E-state index contributed by atoms with van der Waals surface area (Å²) in [6, 6.07) is 9.94. The Labute approximate surface area is 123 Å². The number of aromatic nitrogens is 2. The van der Waals surface area contributed by atoms with Gasteiger partial charge in [-0.25, -0.2) is 4.39 Å². The normalized spacial score (nSPS) is 15.7. The van der Waals surface area contributed by atoms with E-state index in [1.165, 1.54) is 12.1 Å². The Bertz CT molecular complexity index is 594. The van der Waals surface area contributed by atoms with Crippen molar-refractivity contribution in [1.29, 1.82) is 0 Å². The van der Waals surface area contributed by atoms with Crippen LogP contribution in [0, 0.1) is 11.2 Å². The number of aliphatic hydroxyl groups excluding tert-OH is 1. The van der Waals surface area contributed by atoms with Gasteiger partial charge >= 0.3 is 0 Å². The van der Waals surface area contributed by atoms with Gasteiger partial charge in [0.1, 0.15) is 11.6 Å². The Kier molecular flexibility index (Phi) is 3.84. The van der Waals surface area contributed by atoms with Crippen molar-refractivity contribution in [2.45, 2.75) is 19.3 Å². The SMILES string of the molecule is OCCC1(CNc2ccc(-c3ccc(F)cc3)nn2)CC1. The minimum absolute atomic E-state index is 0.233. The predicted octanol–water partition coefficient (Wildman–Crippen LogP) is 2.86. The number of hydrogen-bond acceptors (Lipinski definition) is 4. The largest absolute Gasteiger partial charge is 0.396 e. The molecule has 5 heteroatoms. The van der Waals surface area contributed by atoms with Gasteiger partial charge in [0.15, 0.2) is 0 Å². The van der Waals surface area contributed by atoms with E-state index in [4.69, 9.17) is 5.11 Å². The van der Waals surface area contributed by atoms with E-state index < -0.39 is 0 Å². The molecule has 1 heterocycles. The second kappa shape index (κ2) is 5.77. The van der Waals surface area contributed by atoms with Gasteiger partial charge in [-0.1, -0.05) is 0 Å². The molecule has 0 amide bonds. The highest BCUT2D eigenvalue weighted by atomic mass is 19.1. The molecule has 110 valence electrons. The molecule has 3 rings (SSSR count).